The Hall–Kier alpha value is -2.88. The largest absolute Gasteiger partial charge is 0.435 e. The van der Waals surface area contributed by atoms with Gasteiger partial charge in [0.2, 0.25) is 10.0 Å². The van der Waals surface area contributed by atoms with Crippen molar-refractivity contribution in [2.45, 2.75) is 13.0 Å². The number of nitrogens with zero attached hydrogens (tertiary/aromatic N) is 1. The molecular formula is C17H17F2N3O4S. The van der Waals surface area contributed by atoms with Crippen LogP contribution in [0, 0.1) is 0 Å². The summed E-state index contributed by atoms with van der Waals surface area (Å²) < 4.78 is 53.3. The zero-order chi connectivity index (χ0) is 19.6. The first kappa shape index (κ1) is 18.9. The van der Waals surface area contributed by atoms with E-state index in [1.807, 2.05) is 0 Å². The van der Waals surface area contributed by atoms with Gasteiger partial charge in [-0.2, -0.15) is 8.78 Å². The van der Waals surface area contributed by atoms with E-state index < -0.39 is 22.7 Å². The van der Waals surface area contributed by atoms with E-state index in [4.69, 9.17) is 0 Å². The van der Waals surface area contributed by atoms with Crippen LogP contribution >= 0.6 is 0 Å². The molecule has 144 valence electrons. The predicted molar refractivity (Wildman–Crippen MR) is 98.1 cm³/mol. The number of benzene rings is 2. The minimum absolute atomic E-state index is 0.00925. The number of nitrogens with one attached hydrogen (secondary N) is 2. The van der Waals surface area contributed by atoms with Crippen LogP contribution in [-0.2, 0) is 16.4 Å². The standard InChI is InChI=1S/C17H17F2N3O4S/c1-27(24,25)22-9-8-11-10-13(4-7-15(11)22)21-17(23)20-12-2-5-14(6-3-12)26-16(18)19/h2-7,10,16H,8-9H2,1H3,(H2,20,21,23). The predicted octanol–water partition coefficient (Wildman–Crippen LogP) is 3.25. The fraction of sp³-hybridized carbons (Fsp3) is 0.235. The average Bonchev–Trinajstić information content (AvgIpc) is 2.99. The number of sulfonamides is 1. The van der Waals surface area contributed by atoms with Gasteiger partial charge in [0, 0.05) is 17.9 Å². The Balaban J connectivity index is 1.63. The van der Waals surface area contributed by atoms with Crippen LogP contribution in [0.4, 0.5) is 30.6 Å². The molecule has 2 N–H and O–H groups in total. The summed E-state index contributed by atoms with van der Waals surface area (Å²) >= 11 is 0. The van der Waals surface area contributed by atoms with Gasteiger partial charge in [0.05, 0.1) is 11.9 Å². The van der Waals surface area contributed by atoms with Gasteiger partial charge in [-0.15, -0.1) is 0 Å². The molecule has 0 bridgehead atoms. The van der Waals surface area contributed by atoms with Crippen molar-refractivity contribution in [2.24, 2.45) is 0 Å². The van der Waals surface area contributed by atoms with Crippen molar-refractivity contribution in [3.63, 3.8) is 0 Å². The number of carbonyl (C=O) groups is 1. The first-order valence-electron chi connectivity index (χ1n) is 7.96. The van der Waals surface area contributed by atoms with E-state index >= 15 is 0 Å². The van der Waals surface area contributed by atoms with E-state index in [0.29, 0.717) is 30.0 Å². The molecule has 0 radical (unpaired) electrons. The highest BCUT2D eigenvalue weighted by Gasteiger charge is 2.26. The Morgan fingerprint density at radius 1 is 1.11 bits per heavy atom. The number of hydrogen-bond acceptors (Lipinski definition) is 4. The van der Waals surface area contributed by atoms with Crippen LogP contribution in [0.2, 0.25) is 0 Å². The van der Waals surface area contributed by atoms with Gasteiger partial charge in [0.1, 0.15) is 5.75 Å². The molecule has 7 nitrogen and oxygen atoms in total. The number of carbonyl (C=O) groups excluding carboxylic acids is 1. The van der Waals surface area contributed by atoms with Gasteiger partial charge in [-0.3, -0.25) is 4.31 Å². The maximum Gasteiger partial charge on any atom is 0.387 e. The van der Waals surface area contributed by atoms with E-state index in [1.54, 1.807) is 18.2 Å². The number of ether oxygens (including phenoxy) is 1. The summed E-state index contributed by atoms with van der Waals surface area (Å²) in [5.74, 6) is -0.00925. The fourth-order valence-electron chi connectivity index (χ4n) is 2.81. The van der Waals surface area contributed by atoms with Crippen LogP contribution in [0.5, 0.6) is 5.75 Å². The molecule has 2 aromatic rings. The number of alkyl halides is 2. The Kier molecular flexibility index (Phi) is 5.17. The second-order valence-electron chi connectivity index (χ2n) is 5.91. The summed E-state index contributed by atoms with van der Waals surface area (Å²) in [6, 6.07) is 9.97. The Morgan fingerprint density at radius 3 is 2.37 bits per heavy atom. The number of rotatable bonds is 5. The molecule has 0 unspecified atom stereocenters. The molecule has 0 atom stereocenters. The number of anilines is 3. The number of urea groups is 1. The molecular weight excluding hydrogens is 380 g/mol. The lowest BCUT2D eigenvalue weighted by molar-refractivity contribution is -0.0498. The van der Waals surface area contributed by atoms with Crippen LogP contribution in [-0.4, -0.2) is 33.9 Å². The van der Waals surface area contributed by atoms with Crippen molar-refractivity contribution in [3.8, 4) is 5.75 Å². The number of amides is 2. The smallest absolute Gasteiger partial charge is 0.387 e. The monoisotopic (exact) mass is 397 g/mol. The molecule has 0 fully saturated rings. The van der Waals surface area contributed by atoms with Crippen LogP contribution in [0.25, 0.3) is 0 Å². The van der Waals surface area contributed by atoms with Crippen molar-refractivity contribution >= 4 is 33.1 Å². The summed E-state index contributed by atoms with van der Waals surface area (Å²) in [6.07, 6.45) is 1.71. The molecule has 10 heteroatoms. The van der Waals surface area contributed by atoms with Crippen LogP contribution in [0.1, 0.15) is 5.56 Å². The van der Waals surface area contributed by atoms with Crippen LogP contribution in [0.15, 0.2) is 42.5 Å². The highest BCUT2D eigenvalue weighted by Crippen LogP contribution is 2.32. The summed E-state index contributed by atoms with van der Waals surface area (Å²) in [7, 11) is -3.33. The quantitative estimate of drug-likeness (QED) is 0.811. The van der Waals surface area contributed by atoms with E-state index in [0.717, 1.165) is 11.8 Å². The van der Waals surface area contributed by atoms with E-state index in [2.05, 4.69) is 15.4 Å². The van der Waals surface area contributed by atoms with Gasteiger partial charge >= 0.3 is 12.6 Å². The maximum atomic E-state index is 12.1. The SMILES string of the molecule is CS(=O)(=O)N1CCc2cc(NC(=O)Nc3ccc(OC(F)F)cc3)ccc21. The molecule has 1 aliphatic rings. The first-order chi connectivity index (χ1) is 12.7. The minimum Gasteiger partial charge on any atom is -0.435 e. The molecule has 0 saturated heterocycles. The number of fused-ring (bicyclic) bond motifs is 1. The number of hydrogen-bond donors (Lipinski definition) is 2. The topological polar surface area (TPSA) is 87.7 Å². The highest BCUT2D eigenvalue weighted by molar-refractivity contribution is 7.92. The molecule has 0 spiro atoms. The Morgan fingerprint density at radius 2 is 1.74 bits per heavy atom. The van der Waals surface area contributed by atoms with Crippen molar-refractivity contribution < 1.29 is 26.7 Å². The van der Waals surface area contributed by atoms with Gasteiger partial charge in [0.25, 0.3) is 0 Å². The summed E-state index contributed by atoms with van der Waals surface area (Å²) in [5.41, 5.74) is 2.35. The van der Waals surface area contributed by atoms with Gasteiger partial charge < -0.3 is 15.4 Å². The van der Waals surface area contributed by atoms with Gasteiger partial charge in [0.15, 0.2) is 0 Å². The van der Waals surface area contributed by atoms with Crippen molar-refractivity contribution in [2.75, 3.05) is 27.7 Å². The molecule has 0 saturated carbocycles. The highest BCUT2D eigenvalue weighted by atomic mass is 32.2. The summed E-state index contributed by atoms with van der Waals surface area (Å²) in [5, 5.41) is 5.22. The first-order valence-corrected chi connectivity index (χ1v) is 9.81. The van der Waals surface area contributed by atoms with Gasteiger partial charge in [-0.05, 0) is 54.4 Å². The number of halogens is 2. The van der Waals surface area contributed by atoms with Crippen molar-refractivity contribution in [1.29, 1.82) is 0 Å². The summed E-state index contributed by atoms with van der Waals surface area (Å²) in [4.78, 5) is 12.1. The van der Waals surface area contributed by atoms with Gasteiger partial charge in [-0.25, -0.2) is 13.2 Å². The third-order valence-corrected chi connectivity index (χ3v) is 5.11. The molecule has 0 aromatic heterocycles. The molecule has 27 heavy (non-hydrogen) atoms. The lowest BCUT2D eigenvalue weighted by Crippen LogP contribution is -2.27. The maximum absolute atomic E-state index is 12.1. The third-order valence-electron chi connectivity index (χ3n) is 3.93. The molecule has 1 heterocycles. The Labute approximate surface area is 155 Å². The lowest BCUT2D eigenvalue weighted by Gasteiger charge is -2.16. The van der Waals surface area contributed by atoms with E-state index in [9.17, 15) is 22.0 Å². The van der Waals surface area contributed by atoms with Gasteiger partial charge in [-0.1, -0.05) is 0 Å². The zero-order valence-corrected chi connectivity index (χ0v) is 15.1. The van der Waals surface area contributed by atoms with Crippen LogP contribution in [0.3, 0.4) is 0 Å². The average molecular weight is 397 g/mol. The molecule has 2 amide bonds. The van der Waals surface area contributed by atoms with Crippen LogP contribution < -0.4 is 19.7 Å². The van der Waals surface area contributed by atoms with E-state index in [-0.39, 0.29) is 5.75 Å². The van der Waals surface area contributed by atoms with Crippen molar-refractivity contribution in [3.05, 3.63) is 48.0 Å². The van der Waals surface area contributed by atoms with E-state index in [1.165, 1.54) is 28.6 Å². The normalized spacial score (nSPS) is 13.4. The molecule has 3 rings (SSSR count). The third kappa shape index (κ3) is 4.64. The molecule has 1 aliphatic heterocycles. The molecule has 0 aliphatic carbocycles. The van der Waals surface area contributed by atoms with Crippen molar-refractivity contribution in [1.82, 2.24) is 0 Å². The second-order valence-corrected chi connectivity index (χ2v) is 7.82. The Bertz CT molecular complexity index is 949. The lowest BCUT2D eigenvalue weighted by atomic mass is 10.1. The minimum atomic E-state index is -3.33. The second kappa shape index (κ2) is 7.39. The fourth-order valence-corrected chi connectivity index (χ4v) is 3.77. The zero-order valence-electron chi connectivity index (χ0n) is 14.3. The summed E-state index contributed by atoms with van der Waals surface area (Å²) in [6.45, 7) is -2.54. The molecule has 2 aromatic carbocycles.